The Kier molecular flexibility index (Phi) is 6.69. The molecule has 0 aromatic carbocycles. The van der Waals surface area contributed by atoms with Crippen molar-refractivity contribution in [1.82, 2.24) is 15.1 Å². The molecule has 1 rings (SSSR count). The van der Waals surface area contributed by atoms with E-state index in [0.717, 1.165) is 17.4 Å². The van der Waals surface area contributed by atoms with Crippen LogP contribution in [-0.4, -0.2) is 30.5 Å². The standard InChI is InChI=1S/C15H28BrN3O/c1-11(15(2,3)4)9-13(17-5)14-12(16)10-18-19(14)7-8-20-6/h10-11,13,17H,7-9H2,1-6H3. The van der Waals surface area contributed by atoms with Gasteiger partial charge < -0.3 is 10.1 Å². The van der Waals surface area contributed by atoms with E-state index >= 15 is 0 Å². The Hall–Kier alpha value is -0.390. The molecule has 2 unspecified atom stereocenters. The molecule has 0 bridgehead atoms. The summed E-state index contributed by atoms with van der Waals surface area (Å²) in [5.74, 6) is 0.609. The summed E-state index contributed by atoms with van der Waals surface area (Å²) in [4.78, 5) is 0. The molecule has 1 aromatic rings. The van der Waals surface area contributed by atoms with Crippen molar-refractivity contribution in [3.8, 4) is 0 Å². The lowest BCUT2D eigenvalue weighted by Gasteiger charge is -2.31. The highest BCUT2D eigenvalue weighted by molar-refractivity contribution is 9.10. The lowest BCUT2D eigenvalue weighted by atomic mass is 9.78. The van der Waals surface area contributed by atoms with Gasteiger partial charge >= 0.3 is 0 Å². The van der Waals surface area contributed by atoms with Crippen molar-refractivity contribution < 1.29 is 4.74 Å². The summed E-state index contributed by atoms with van der Waals surface area (Å²) in [5, 5.41) is 7.87. The summed E-state index contributed by atoms with van der Waals surface area (Å²) in [7, 11) is 3.73. The largest absolute Gasteiger partial charge is 0.383 e. The van der Waals surface area contributed by atoms with E-state index in [4.69, 9.17) is 4.74 Å². The number of hydrogen-bond donors (Lipinski definition) is 1. The second kappa shape index (κ2) is 7.57. The van der Waals surface area contributed by atoms with Crippen LogP contribution in [0.25, 0.3) is 0 Å². The molecule has 0 aliphatic carbocycles. The molecule has 2 atom stereocenters. The monoisotopic (exact) mass is 345 g/mol. The molecule has 1 N–H and O–H groups in total. The van der Waals surface area contributed by atoms with Crippen LogP contribution in [0.4, 0.5) is 0 Å². The zero-order chi connectivity index (χ0) is 15.3. The lowest BCUT2D eigenvalue weighted by molar-refractivity contribution is 0.179. The molecular weight excluding hydrogens is 318 g/mol. The Morgan fingerprint density at radius 3 is 2.60 bits per heavy atom. The second-order valence-electron chi connectivity index (χ2n) is 6.44. The normalized spacial score (nSPS) is 15.3. The Morgan fingerprint density at radius 2 is 2.10 bits per heavy atom. The van der Waals surface area contributed by atoms with Crippen LogP contribution < -0.4 is 5.32 Å². The molecule has 0 saturated heterocycles. The van der Waals surface area contributed by atoms with Crippen molar-refractivity contribution in [3.05, 3.63) is 16.4 Å². The Bertz CT molecular complexity index is 412. The average Bonchev–Trinajstić information content (AvgIpc) is 2.73. The van der Waals surface area contributed by atoms with E-state index in [1.165, 1.54) is 5.69 Å². The van der Waals surface area contributed by atoms with Crippen LogP contribution in [0.2, 0.25) is 0 Å². The second-order valence-corrected chi connectivity index (χ2v) is 7.29. The van der Waals surface area contributed by atoms with E-state index < -0.39 is 0 Å². The number of ether oxygens (including phenoxy) is 1. The van der Waals surface area contributed by atoms with Crippen molar-refractivity contribution in [1.29, 1.82) is 0 Å². The Labute approximate surface area is 131 Å². The van der Waals surface area contributed by atoms with Gasteiger partial charge in [-0.05, 0) is 40.7 Å². The molecule has 0 radical (unpaired) electrons. The molecule has 0 amide bonds. The highest BCUT2D eigenvalue weighted by Gasteiger charge is 2.26. The first-order valence-electron chi connectivity index (χ1n) is 7.18. The molecule has 4 nitrogen and oxygen atoms in total. The molecule has 116 valence electrons. The van der Waals surface area contributed by atoms with Crippen molar-refractivity contribution in [2.24, 2.45) is 11.3 Å². The van der Waals surface area contributed by atoms with Crippen LogP contribution in [0, 0.1) is 11.3 Å². The van der Waals surface area contributed by atoms with E-state index in [0.29, 0.717) is 17.9 Å². The van der Waals surface area contributed by atoms with Gasteiger partial charge in [0.25, 0.3) is 0 Å². The quantitative estimate of drug-likeness (QED) is 0.820. The first-order chi connectivity index (χ1) is 9.31. The van der Waals surface area contributed by atoms with Crippen molar-refractivity contribution >= 4 is 15.9 Å². The first kappa shape index (κ1) is 17.7. The predicted molar refractivity (Wildman–Crippen MR) is 86.8 cm³/mol. The molecule has 0 saturated carbocycles. The molecule has 20 heavy (non-hydrogen) atoms. The molecular formula is C15H28BrN3O. The van der Waals surface area contributed by atoms with Crippen LogP contribution in [0.5, 0.6) is 0 Å². The van der Waals surface area contributed by atoms with Crippen LogP contribution in [-0.2, 0) is 11.3 Å². The summed E-state index contributed by atoms with van der Waals surface area (Å²) in [6.45, 7) is 10.6. The number of aromatic nitrogens is 2. The molecule has 0 aliphatic heterocycles. The molecule has 1 heterocycles. The van der Waals surface area contributed by atoms with Crippen LogP contribution >= 0.6 is 15.9 Å². The van der Waals surface area contributed by atoms with Gasteiger partial charge in [-0.3, -0.25) is 4.68 Å². The van der Waals surface area contributed by atoms with Crippen LogP contribution in [0.3, 0.4) is 0 Å². The van der Waals surface area contributed by atoms with E-state index in [9.17, 15) is 0 Å². The van der Waals surface area contributed by atoms with Gasteiger partial charge in [-0.25, -0.2) is 0 Å². The minimum Gasteiger partial charge on any atom is -0.383 e. The minimum absolute atomic E-state index is 0.290. The maximum Gasteiger partial charge on any atom is 0.0696 e. The molecule has 5 heteroatoms. The van der Waals surface area contributed by atoms with E-state index in [1.54, 1.807) is 7.11 Å². The average molecular weight is 346 g/mol. The van der Waals surface area contributed by atoms with E-state index in [-0.39, 0.29) is 6.04 Å². The number of halogens is 1. The smallest absolute Gasteiger partial charge is 0.0696 e. The molecule has 0 aliphatic rings. The summed E-state index contributed by atoms with van der Waals surface area (Å²) in [6.07, 6.45) is 2.95. The van der Waals surface area contributed by atoms with Gasteiger partial charge in [0.05, 0.1) is 35.6 Å². The van der Waals surface area contributed by atoms with Crippen molar-refractivity contribution in [2.45, 2.75) is 46.7 Å². The number of methoxy groups -OCH3 is 1. The Morgan fingerprint density at radius 1 is 1.45 bits per heavy atom. The van der Waals surface area contributed by atoms with Gasteiger partial charge in [0.1, 0.15) is 0 Å². The van der Waals surface area contributed by atoms with Gasteiger partial charge in [0.2, 0.25) is 0 Å². The van der Waals surface area contributed by atoms with Crippen LogP contribution in [0.15, 0.2) is 10.7 Å². The number of rotatable bonds is 7. The van der Waals surface area contributed by atoms with Crippen molar-refractivity contribution in [3.63, 3.8) is 0 Å². The molecule has 1 aromatic heterocycles. The topological polar surface area (TPSA) is 39.1 Å². The zero-order valence-electron chi connectivity index (χ0n) is 13.5. The SMILES string of the molecule is CNC(CC(C)C(C)(C)C)c1c(Br)cnn1CCOC. The first-order valence-corrected chi connectivity index (χ1v) is 7.98. The number of hydrogen-bond acceptors (Lipinski definition) is 3. The van der Waals surface area contributed by atoms with E-state index in [2.05, 4.69) is 54.0 Å². The molecule has 0 spiro atoms. The van der Waals surface area contributed by atoms with Gasteiger partial charge in [0, 0.05) is 7.11 Å². The fourth-order valence-electron chi connectivity index (χ4n) is 2.15. The highest BCUT2D eigenvalue weighted by Crippen LogP contribution is 2.35. The van der Waals surface area contributed by atoms with Crippen molar-refractivity contribution in [2.75, 3.05) is 20.8 Å². The van der Waals surface area contributed by atoms with Gasteiger partial charge in [-0.2, -0.15) is 5.10 Å². The fourth-order valence-corrected chi connectivity index (χ4v) is 2.72. The third-order valence-electron chi connectivity index (χ3n) is 4.09. The zero-order valence-corrected chi connectivity index (χ0v) is 15.1. The maximum atomic E-state index is 5.16. The summed E-state index contributed by atoms with van der Waals surface area (Å²) in [5.41, 5.74) is 1.51. The van der Waals surface area contributed by atoms with Crippen LogP contribution in [0.1, 0.15) is 45.9 Å². The summed E-state index contributed by atoms with van der Waals surface area (Å²) in [6, 6.07) is 0.290. The predicted octanol–water partition coefficient (Wildman–Crippen LogP) is 3.62. The number of nitrogens with one attached hydrogen (secondary N) is 1. The van der Waals surface area contributed by atoms with Gasteiger partial charge in [-0.15, -0.1) is 0 Å². The third-order valence-corrected chi connectivity index (χ3v) is 4.70. The summed E-state index contributed by atoms with van der Waals surface area (Å²) >= 11 is 3.63. The maximum absolute atomic E-state index is 5.16. The van der Waals surface area contributed by atoms with E-state index in [1.807, 2.05) is 17.9 Å². The number of nitrogens with zero attached hydrogens (tertiary/aromatic N) is 2. The van der Waals surface area contributed by atoms with Gasteiger partial charge in [-0.1, -0.05) is 27.7 Å². The highest BCUT2D eigenvalue weighted by atomic mass is 79.9. The Balaban J connectivity index is 2.91. The van der Waals surface area contributed by atoms with Gasteiger partial charge in [0.15, 0.2) is 0 Å². The third kappa shape index (κ3) is 4.57. The molecule has 0 fully saturated rings. The summed E-state index contributed by atoms with van der Waals surface area (Å²) < 4.78 is 8.26. The minimum atomic E-state index is 0.290. The fraction of sp³-hybridized carbons (Fsp3) is 0.800. The lowest BCUT2D eigenvalue weighted by Crippen LogP contribution is -2.27.